The summed E-state index contributed by atoms with van der Waals surface area (Å²) >= 11 is 6.15. The van der Waals surface area contributed by atoms with Gasteiger partial charge in [-0.2, -0.15) is 0 Å². The Morgan fingerprint density at radius 2 is 1.68 bits per heavy atom. The number of fused-ring (bicyclic) bond motifs is 1. The highest BCUT2D eigenvalue weighted by Gasteiger charge is 2.08. The van der Waals surface area contributed by atoms with Gasteiger partial charge in [-0.25, -0.2) is 4.98 Å². The molecule has 25 heavy (non-hydrogen) atoms. The minimum atomic E-state index is 0.670. The third kappa shape index (κ3) is 3.27. The number of nitrogens with one attached hydrogen (secondary N) is 2. The van der Waals surface area contributed by atoms with Gasteiger partial charge in [0.2, 0.25) is 5.95 Å². The number of pyridine rings is 1. The summed E-state index contributed by atoms with van der Waals surface area (Å²) in [7, 11) is 0. The second-order valence-electron chi connectivity index (χ2n) is 5.59. The van der Waals surface area contributed by atoms with Crippen LogP contribution in [0.4, 0.5) is 11.6 Å². The molecule has 2 aromatic carbocycles. The number of aromatic amines is 1. The number of benzene rings is 2. The van der Waals surface area contributed by atoms with E-state index in [1.54, 1.807) is 12.4 Å². The van der Waals surface area contributed by atoms with Crippen molar-refractivity contribution in [3.63, 3.8) is 0 Å². The molecule has 0 unspecified atom stereocenters. The van der Waals surface area contributed by atoms with E-state index in [0.29, 0.717) is 11.0 Å². The Balaban J connectivity index is 1.52. The minimum Gasteiger partial charge on any atom is -0.457 e. The van der Waals surface area contributed by atoms with Crippen LogP contribution >= 0.6 is 11.6 Å². The molecule has 0 amide bonds. The number of rotatable bonds is 4. The first-order valence-electron chi connectivity index (χ1n) is 7.79. The van der Waals surface area contributed by atoms with Crippen molar-refractivity contribution < 1.29 is 4.74 Å². The van der Waals surface area contributed by atoms with E-state index in [9.17, 15) is 0 Å². The van der Waals surface area contributed by atoms with Crippen LogP contribution < -0.4 is 10.1 Å². The molecule has 0 aliphatic heterocycles. The van der Waals surface area contributed by atoms with Crippen LogP contribution in [0.1, 0.15) is 5.56 Å². The zero-order valence-electron chi connectivity index (χ0n) is 13.5. The molecule has 0 spiro atoms. The molecule has 2 heterocycles. The fraction of sp³-hybridized carbons (Fsp3) is 0.0526. The maximum atomic E-state index is 6.15. The Kier molecular flexibility index (Phi) is 3.99. The SMILES string of the molecule is Cc1c(Cl)ccc2[nH]c(Nc3ccc(Oc4ccncc4)cc3)nc12. The smallest absolute Gasteiger partial charge is 0.205 e. The van der Waals surface area contributed by atoms with E-state index in [1.165, 1.54) is 0 Å². The predicted octanol–water partition coefficient (Wildman–Crippen LogP) is 5.46. The maximum absolute atomic E-state index is 6.15. The number of hydrogen-bond donors (Lipinski definition) is 2. The Morgan fingerprint density at radius 3 is 2.44 bits per heavy atom. The number of hydrogen-bond acceptors (Lipinski definition) is 4. The molecule has 4 aromatic rings. The first-order valence-corrected chi connectivity index (χ1v) is 8.16. The number of nitrogens with zero attached hydrogens (tertiary/aromatic N) is 2. The van der Waals surface area contributed by atoms with Crippen LogP contribution in [-0.4, -0.2) is 15.0 Å². The third-order valence-corrected chi connectivity index (χ3v) is 4.25. The molecule has 2 N–H and O–H groups in total. The molecule has 0 saturated carbocycles. The van der Waals surface area contributed by atoms with Gasteiger partial charge in [-0.1, -0.05) is 11.6 Å². The van der Waals surface area contributed by atoms with Crippen LogP contribution in [-0.2, 0) is 0 Å². The maximum Gasteiger partial charge on any atom is 0.205 e. The Morgan fingerprint density at radius 1 is 0.960 bits per heavy atom. The molecule has 2 aromatic heterocycles. The minimum absolute atomic E-state index is 0.670. The van der Waals surface area contributed by atoms with Crippen molar-refractivity contribution in [1.29, 1.82) is 0 Å². The molecule has 0 aliphatic carbocycles. The van der Waals surface area contributed by atoms with Gasteiger partial charge in [0.25, 0.3) is 0 Å². The van der Waals surface area contributed by atoms with Crippen molar-refractivity contribution in [3.8, 4) is 11.5 Å². The van der Waals surface area contributed by atoms with E-state index >= 15 is 0 Å². The summed E-state index contributed by atoms with van der Waals surface area (Å²) in [4.78, 5) is 11.8. The molecule has 5 nitrogen and oxygen atoms in total. The average Bonchev–Trinajstić information content (AvgIpc) is 3.04. The molecule has 4 rings (SSSR count). The fourth-order valence-electron chi connectivity index (χ4n) is 2.53. The zero-order valence-corrected chi connectivity index (χ0v) is 14.2. The second kappa shape index (κ2) is 6.45. The average molecular weight is 351 g/mol. The molecule has 0 fully saturated rings. The van der Waals surface area contributed by atoms with E-state index < -0.39 is 0 Å². The largest absolute Gasteiger partial charge is 0.457 e. The van der Waals surface area contributed by atoms with Crippen LogP contribution in [0.2, 0.25) is 5.02 Å². The van der Waals surface area contributed by atoms with Gasteiger partial charge >= 0.3 is 0 Å². The standard InChI is InChI=1S/C19H15ClN4O/c1-12-16(20)6-7-17-18(12)24-19(23-17)22-13-2-4-14(5-3-13)25-15-8-10-21-11-9-15/h2-11H,1H3,(H2,22,23,24). The first-order chi connectivity index (χ1) is 12.2. The zero-order chi connectivity index (χ0) is 17.2. The third-order valence-electron chi connectivity index (χ3n) is 3.84. The molecule has 124 valence electrons. The molecule has 0 aliphatic rings. The number of aryl methyl sites for hydroxylation is 1. The summed E-state index contributed by atoms with van der Waals surface area (Å²) in [6.45, 7) is 1.96. The Bertz CT molecular complexity index is 1010. The number of ether oxygens (including phenoxy) is 1. The first kappa shape index (κ1) is 15.5. The summed E-state index contributed by atoms with van der Waals surface area (Å²) in [6, 6.07) is 15.1. The van der Waals surface area contributed by atoms with Gasteiger partial charge in [-0.15, -0.1) is 0 Å². The molecule has 0 saturated heterocycles. The lowest BCUT2D eigenvalue weighted by atomic mass is 10.2. The highest BCUT2D eigenvalue weighted by Crippen LogP contribution is 2.27. The van der Waals surface area contributed by atoms with Gasteiger partial charge in [-0.05, 0) is 61.0 Å². The molecular weight excluding hydrogens is 336 g/mol. The number of aromatic nitrogens is 3. The summed E-state index contributed by atoms with van der Waals surface area (Å²) in [5, 5.41) is 3.97. The van der Waals surface area contributed by atoms with Gasteiger partial charge in [0.05, 0.1) is 11.0 Å². The van der Waals surface area contributed by atoms with Crippen LogP contribution in [0.25, 0.3) is 11.0 Å². The van der Waals surface area contributed by atoms with E-state index in [-0.39, 0.29) is 0 Å². The lowest BCUT2D eigenvalue weighted by Gasteiger charge is -2.07. The Hall–Kier alpha value is -3.05. The van der Waals surface area contributed by atoms with Gasteiger partial charge in [-0.3, -0.25) is 4.98 Å². The molecule has 6 heteroatoms. The Labute approximate surface area is 149 Å². The van der Waals surface area contributed by atoms with Crippen LogP contribution in [0.3, 0.4) is 0 Å². The van der Waals surface area contributed by atoms with E-state index in [4.69, 9.17) is 16.3 Å². The second-order valence-corrected chi connectivity index (χ2v) is 6.00. The summed E-state index contributed by atoms with van der Waals surface area (Å²) in [5.41, 5.74) is 3.68. The van der Waals surface area contributed by atoms with Crippen molar-refractivity contribution in [2.75, 3.05) is 5.32 Å². The summed E-state index contributed by atoms with van der Waals surface area (Å²) in [5.74, 6) is 2.17. The van der Waals surface area contributed by atoms with E-state index in [2.05, 4.69) is 20.3 Å². The van der Waals surface area contributed by atoms with Crippen molar-refractivity contribution >= 4 is 34.3 Å². The number of anilines is 2. The van der Waals surface area contributed by atoms with Crippen LogP contribution in [0.5, 0.6) is 11.5 Å². The number of imidazole rings is 1. The lowest BCUT2D eigenvalue weighted by molar-refractivity contribution is 0.482. The predicted molar refractivity (Wildman–Crippen MR) is 99.9 cm³/mol. The number of halogens is 1. The monoisotopic (exact) mass is 350 g/mol. The quantitative estimate of drug-likeness (QED) is 0.513. The summed E-state index contributed by atoms with van der Waals surface area (Å²) < 4.78 is 5.75. The van der Waals surface area contributed by atoms with Gasteiger partial charge < -0.3 is 15.0 Å². The highest BCUT2D eigenvalue weighted by atomic mass is 35.5. The van der Waals surface area contributed by atoms with E-state index in [0.717, 1.165) is 33.8 Å². The van der Waals surface area contributed by atoms with Gasteiger partial charge in [0.1, 0.15) is 11.5 Å². The molecular formula is C19H15ClN4O. The van der Waals surface area contributed by atoms with Crippen molar-refractivity contribution in [3.05, 3.63) is 71.5 Å². The van der Waals surface area contributed by atoms with E-state index in [1.807, 2.05) is 55.5 Å². The number of H-pyrrole nitrogens is 1. The molecule has 0 radical (unpaired) electrons. The van der Waals surface area contributed by atoms with Crippen LogP contribution in [0, 0.1) is 6.92 Å². The lowest BCUT2D eigenvalue weighted by Crippen LogP contribution is -1.92. The normalized spacial score (nSPS) is 10.8. The summed E-state index contributed by atoms with van der Waals surface area (Å²) in [6.07, 6.45) is 3.39. The van der Waals surface area contributed by atoms with Crippen LogP contribution in [0.15, 0.2) is 60.9 Å². The fourth-order valence-corrected chi connectivity index (χ4v) is 2.68. The van der Waals surface area contributed by atoms with Crippen molar-refractivity contribution in [2.45, 2.75) is 6.92 Å². The van der Waals surface area contributed by atoms with Crippen molar-refractivity contribution in [1.82, 2.24) is 15.0 Å². The molecule has 0 bridgehead atoms. The van der Waals surface area contributed by atoms with Gasteiger partial charge in [0, 0.05) is 23.1 Å². The van der Waals surface area contributed by atoms with Crippen molar-refractivity contribution in [2.24, 2.45) is 0 Å². The highest BCUT2D eigenvalue weighted by molar-refractivity contribution is 6.32. The topological polar surface area (TPSA) is 62.8 Å². The van der Waals surface area contributed by atoms with Gasteiger partial charge in [0.15, 0.2) is 0 Å². The molecule has 0 atom stereocenters.